The van der Waals surface area contributed by atoms with E-state index < -0.39 is 11.1 Å². The van der Waals surface area contributed by atoms with Crippen LogP contribution in [0.25, 0.3) is 0 Å². The first kappa shape index (κ1) is 16.6. The standard InChI is InChI=1S/C21H20O2S/c1-16-8-12-18(13-9-16)21(19-14-10-17(2)11-15-19)23-24(22)20-6-4-3-5-7-20/h3-15,21H,1-2H3. The summed E-state index contributed by atoms with van der Waals surface area (Å²) in [5.41, 5.74) is 4.36. The van der Waals surface area contributed by atoms with Crippen LogP contribution in [-0.4, -0.2) is 4.21 Å². The fraction of sp³-hybridized carbons (Fsp3) is 0.143. The predicted molar refractivity (Wildman–Crippen MR) is 98.1 cm³/mol. The summed E-state index contributed by atoms with van der Waals surface area (Å²) in [5.74, 6) is 0. The first-order chi connectivity index (χ1) is 11.6. The molecule has 0 saturated heterocycles. The summed E-state index contributed by atoms with van der Waals surface area (Å²) in [7, 11) is 0. The zero-order valence-electron chi connectivity index (χ0n) is 13.8. The molecule has 0 bridgehead atoms. The van der Waals surface area contributed by atoms with E-state index in [4.69, 9.17) is 4.18 Å². The maximum absolute atomic E-state index is 12.6. The van der Waals surface area contributed by atoms with Crippen molar-refractivity contribution in [3.05, 3.63) is 101 Å². The Morgan fingerprint density at radius 3 is 1.62 bits per heavy atom. The van der Waals surface area contributed by atoms with Gasteiger partial charge in [0.25, 0.3) is 0 Å². The Hall–Kier alpha value is -2.23. The molecule has 0 heterocycles. The van der Waals surface area contributed by atoms with Gasteiger partial charge in [0.05, 0.1) is 4.90 Å². The maximum atomic E-state index is 12.6. The van der Waals surface area contributed by atoms with Crippen LogP contribution >= 0.6 is 0 Å². The molecule has 3 aromatic carbocycles. The van der Waals surface area contributed by atoms with E-state index in [0.717, 1.165) is 11.1 Å². The zero-order valence-corrected chi connectivity index (χ0v) is 14.6. The molecule has 1 unspecified atom stereocenters. The SMILES string of the molecule is Cc1ccc(C(OS(=O)c2ccccc2)c2ccc(C)cc2)cc1. The molecule has 0 aromatic heterocycles. The molecule has 3 aromatic rings. The van der Waals surface area contributed by atoms with Crippen molar-refractivity contribution in [3.63, 3.8) is 0 Å². The topological polar surface area (TPSA) is 26.3 Å². The highest BCUT2D eigenvalue weighted by molar-refractivity contribution is 7.80. The average Bonchev–Trinajstić information content (AvgIpc) is 2.62. The van der Waals surface area contributed by atoms with Crippen molar-refractivity contribution in [2.45, 2.75) is 24.8 Å². The molecule has 3 heteroatoms. The largest absolute Gasteiger partial charge is 0.274 e. The zero-order chi connectivity index (χ0) is 16.9. The Morgan fingerprint density at radius 1 is 0.708 bits per heavy atom. The number of hydrogen-bond acceptors (Lipinski definition) is 2. The van der Waals surface area contributed by atoms with Crippen LogP contribution in [0.5, 0.6) is 0 Å². The van der Waals surface area contributed by atoms with Crippen molar-refractivity contribution in [2.24, 2.45) is 0 Å². The smallest absolute Gasteiger partial charge is 0.190 e. The molecule has 24 heavy (non-hydrogen) atoms. The van der Waals surface area contributed by atoms with E-state index in [1.165, 1.54) is 11.1 Å². The number of rotatable bonds is 5. The second-order valence-corrected chi connectivity index (χ2v) is 6.98. The van der Waals surface area contributed by atoms with Gasteiger partial charge in [-0.05, 0) is 37.1 Å². The molecule has 0 fully saturated rings. The highest BCUT2D eigenvalue weighted by Crippen LogP contribution is 2.29. The third-order valence-electron chi connectivity index (χ3n) is 3.88. The van der Waals surface area contributed by atoms with Crippen molar-refractivity contribution in [1.82, 2.24) is 0 Å². The maximum Gasteiger partial charge on any atom is 0.190 e. The average molecular weight is 336 g/mol. The Labute approximate surface area is 145 Å². The van der Waals surface area contributed by atoms with Gasteiger partial charge < -0.3 is 0 Å². The third-order valence-corrected chi connectivity index (χ3v) is 4.90. The summed E-state index contributed by atoms with van der Waals surface area (Å²) in [4.78, 5) is 0.668. The van der Waals surface area contributed by atoms with Crippen LogP contribution in [0.3, 0.4) is 0 Å². The summed E-state index contributed by atoms with van der Waals surface area (Å²) in [6, 6.07) is 25.6. The van der Waals surface area contributed by atoms with Crippen molar-refractivity contribution < 1.29 is 8.39 Å². The van der Waals surface area contributed by atoms with Crippen LogP contribution in [0, 0.1) is 13.8 Å². The van der Waals surface area contributed by atoms with E-state index in [1.807, 2.05) is 92.7 Å². The van der Waals surface area contributed by atoms with E-state index in [2.05, 4.69) is 0 Å². The van der Waals surface area contributed by atoms with Crippen LogP contribution in [0.2, 0.25) is 0 Å². The minimum Gasteiger partial charge on any atom is -0.274 e. The molecule has 1 atom stereocenters. The van der Waals surface area contributed by atoms with E-state index in [9.17, 15) is 4.21 Å². The quantitative estimate of drug-likeness (QED) is 0.645. The molecular formula is C21H20O2S. The van der Waals surface area contributed by atoms with E-state index >= 15 is 0 Å². The second kappa shape index (κ2) is 7.56. The van der Waals surface area contributed by atoms with Gasteiger partial charge >= 0.3 is 0 Å². The van der Waals surface area contributed by atoms with Crippen molar-refractivity contribution in [1.29, 1.82) is 0 Å². The van der Waals surface area contributed by atoms with Crippen molar-refractivity contribution in [2.75, 3.05) is 0 Å². The minimum absolute atomic E-state index is 0.368. The third kappa shape index (κ3) is 3.99. The first-order valence-electron chi connectivity index (χ1n) is 7.90. The highest BCUT2D eigenvalue weighted by Gasteiger charge is 2.19. The lowest BCUT2D eigenvalue weighted by molar-refractivity contribution is 0.275. The first-order valence-corrected chi connectivity index (χ1v) is 8.98. The number of benzene rings is 3. The van der Waals surface area contributed by atoms with Crippen LogP contribution < -0.4 is 0 Å². The van der Waals surface area contributed by atoms with E-state index in [-0.39, 0.29) is 6.10 Å². The molecule has 0 saturated carbocycles. The molecule has 0 amide bonds. The summed E-state index contributed by atoms with van der Waals surface area (Å²) in [6.45, 7) is 4.10. The summed E-state index contributed by atoms with van der Waals surface area (Å²) in [5, 5.41) is 0. The van der Waals surface area contributed by atoms with Crippen molar-refractivity contribution >= 4 is 11.1 Å². The van der Waals surface area contributed by atoms with Crippen LogP contribution in [0.4, 0.5) is 0 Å². The molecule has 2 nitrogen and oxygen atoms in total. The van der Waals surface area contributed by atoms with Gasteiger partial charge in [-0.15, -0.1) is 0 Å². The van der Waals surface area contributed by atoms with Crippen LogP contribution in [-0.2, 0) is 15.3 Å². The Balaban J connectivity index is 1.94. The molecule has 0 radical (unpaired) electrons. The molecule has 0 spiro atoms. The molecule has 3 rings (SSSR count). The summed E-state index contributed by atoms with van der Waals surface area (Å²) >= 11 is -1.53. The fourth-order valence-electron chi connectivity index (χ4n) is 2.46. The highest BCUT2D eigenvalue weighted by atomic mass is 32.2. The summed E-state index contributed by atoms with van der Waals surface area (Å²) < 4.78 is 18.6. The molecule has 122 valence electrons. The van der Waals surface area contributed by atoms with Gasteiger partial charge in [-0.25, -0.2) is 4.21 Å². The molecule has 0 aliphatic heterocycles. The van der Waals surface area contributed by atoms with Gasteiger partial charge in [0, 0.05) is 0 Å². The lowest BCUT2D eigenvalue weighted by Crippen LogP contribution is -2.09. The van der Waals surface area contributed by atoms with Gasteiger partial charge in [0.15, 0.2) is 11.1 Å². The number of hydrogen-bond donors (Lipinski definition) is 0. The van der Waals surface area contributed by atoms with Gasteiger partial charge in [0.1, 0.15) is 6.10 Å². The van der Waals surface area contributed by atoms with Crippen LogP contribution in [0.1, 0.15) is 28.4 Å². The second-order valence-electron chi connectivity index (χ2n) is 5.85. The lowest BCUT2D eigenvalue weighted by atomic mass is 10.00. The van der Waals surface area contributed by atoms with Gasteiger partial charge in [-0.2, -0.15) is 0 Å². The summed E-state index contributed by atoms with van der Waals surface area (Å²) in [6.07, 6.45) is -0.368. The molecular weight excluding hydrogens is 316 g/mol. The molecule has 0 aliphatic rings. The van der Waals surface area contributed by atoms with E-state index in [0.29, 0.717) is 4.90 Å². The van der Waals surface area contributed by atoms with Crippen molar-refractivity contribution in [3.8, 4) is 0 Å². The molecule has 0 aliphatic carbocycles. The van der Waals surface area contributed by atoms with E-state index in [1.54, 1.807) is 0 Å². The molecule has 0 N–H and O–H groups in total. The predicted octanol–water partition coefficient (Wildman–Crippen LogP) is 5.13. The number of aryl methyl sites for hydroxylation is 2. The Morgan fingerprint density at radius 2 is 1.17 bits per heavy atom. The monoisotopic (exact) mass is 336 g/mol. The van der Waals surface area contributed by atoms with Gasteiger partial charge in [-0.1, -0.05) is 77.9 Å². The minimum atomic E-state index is -1.53. The fourth-order valence-corrected chi connectivity index (χ4v) is 3.35. The van der Waals surface area contributed by atoms with Gasteiger partial charge in [-0.3, -0.25) is 4.18 Å². The van der Waals surface area contributed by atoms with Crippen LogP contribution in [0.15, 0.2) is 83.8 Å². The van der Waals surface area contributed by atoms with Gasteiger partial charge in [0.2, 0.25) is 0 Å². The normalized spacial score (nSPS) is 12.3. The lowest BCUT2D eigenvalue weighted by Gasteiger charge is -2.18. The Kier molecular flexibility index (Phi) is 5.24. The Bertz CT molecular complexity index is 763.